The second-order valence-electron chi connectivity index (χ2n) is 1.77. The molecule has 0 bridgehead atoms. The molecule has 78 valence electrons. The molecule has 5 nitrogen and oxygen atoms in total. The second kappa shape index (κ2) is 11.8. The van der Waals surface area contributed by atoms with Gasteiger partial charge in [0.2, 0.25) is 13.7 Å². The van der Waals surface area contributed by atoms with Crippen LogP contribution in [-0.2, 0) is 13.8 Å². The lowest BCUT2D eigenvalue weighted by molar-refractivity contribution is 0.198. The molecule has 1 N–H and O–H groups in total. The molecule has 0 heterocycles. The number of carbonyl (C=O) groups is 1. The molecule has 0 atom stereocenters. The van der Waals surface area contributed by atoms with Crippen molar-refractivity contribution in [2.75, 3.05) is 20.3 Å². The van der Waals surface area contributed by atoms with Crippen LogP contribution in [0.2, 0.25) is 0 Å². The maximum absolute atomic E-state index is 9.59. The molecule has 0 amide bonds. The fourth-order valence-corrected chi connectivity index (χ4v) is 0.774. The predicted molar refractivity (Wildman–Crippen MR) is 53.3 cm³/mol. The summed E-state index contributed by atoms with van der Waals surface area (Å²) < 4.78 is 13.5. The zero-order valence-corrected chi connectivity index (χ0v) is 9.34. The molecule has 0 saturated carbocycles. The summed E-state index contributed by atoms with van der Waals surface area (Å²) in [7, 11) is 1.13. The van der Waals surface area contributed by atoms with Crippen molar-refractivity contribution in [3.05, 3.63) is 0 Å². The van der Waals surface area contributed by atoms with E-state index in [9.17, 15) is 4.79 Å². The molecule has 0 radical (unpaired) electrons. The predicted octanol–water partition coefficient (Wildman–Crippen LogP) is 0.664. The highest BCUT2D eigenvalue weighted by Crippen LogP contribution is 2.31. The van der Waals surface area contributed by atoms with Gasteiger partial charge in [0.05, 0.1) is 20.3 Å². The summed E-state index contributed by atoms with van der Waals surface area (Å²) in [5.74, 6) is -0.245. The summed E-state index contributed by atoms with van der Waals surface area (Å²) in [5.41, 5.74) is 0. The summed E-state index contributed by atoms with van der Waals surface area (Å²) in [5, 5.41) is 0. The van der Waals surface area contributed by atoms with Crippen LogP contribution in [0.3, 0.4) is 0 Å². The minimum Gasteiger partial charge on any atom is -0.477 e. The summed E-state index contributed by atoms with van der Waals surface area (Å²) in [6.45, 7) is 4.62. The summed E-state index contributed by atoms with van der Waals surface area (Å²) in [4.78, 5) is 18.3. The highest BCUT2D eigenvalue weighted by atomic mass is 31.2. The van der Waals surface area contributed by atoms with Crippen molar-refractivity contribution in [1.82, 2.24) is 0 Å². The van der Waals surface area contributed by atoms with Gasteiger partial charge in [-0.2, -0.15) is 0 Å². The largest absolute Gasteiger partial charge is 0.477 e. The Morgan fingerprint density at radius 2 is 1.69 bits per heavy atom. The maximum atomic E-state index is 9.59. The van der Waals surface area contributed by atoms with Crippen LogP contribution in [0.25, 0.3) is 0 Å². The first kappa shape index (κ1) is 15.3. The van der Waals surface area contributed by atoms with Crippen LogP contribution in [0.15, 0.2) is 0 Å². The van der Waals surface area contributed by atoms with Crippen LogP contribution in [0.1, 0.15) is 13.8 Å². The smallest absolute Gasteiger partial charge is 0.329 e. The lowest BCUT2D eigenvalue weighted by Crippen LogP contribution is -1.92. The van der Waals surface area contributed by atoms with Crippen molar-refractivity contribution in [2.45, 2.75) is 13.8 Å². The van der Waals surface area contributed by atoms with Crippen LogP contribution in [0, 0.1) is 0 Å². The number of hydrogen-bond acceptors (Lipinski definition) is 5. The Kier molecular flexibility index (Phi) is 14.0. The van der Waals surface area contributed by atoms with Crippen molar-refractivity contribution < 1.29 is 23.5 Å². The Balaban J connectivity index is 0. The first-order valence-corrected chi connectivity index (χ1v) is 5.00. The lowest BCUT2D eigenvalue weighted by atomic mass is 10.2. The molecular weight excluding hydrogens is 194 g/mol. The molecule has 0 unspecified atom stereocenters. The zero-order chi connectivity index (χ0) is 10.7. The van der Waals surface area contributed by atoms with E-state index < -0.39 is 8.60 Å². The van der Waals surface area contributed by atoms with E-state index in [1.165, 1.54) is 15.0 Å². The van der Waals surface area contributed by atoms with Gasteiger partial charge in [-0.25, -0.2) is 0 Å². The van der Waals surface area contributed by atoms with Gasteiger partial charge in [0.25, 0.3) is 0 Å². The average Bonchev–Trinajstić information content (AvgIpc) is 2.06. The molecule has 13 heavy (non-hydrogen) atoms. The minimum atomic E-state index is -1.58. The Hall–Kier alpha value is -0.155. The third-order valence-corrected chi connectivity index (χ3v) is 1.72. The molecule has 0 aromatic heterocycles. The SMILES string of the molecule is BC(=O)OC.CCOP(O)OCC. The van der Waals surface area contributed by atoms with E-state index in [2.05, 4.69) is 13.8 Å². The van der Waals surface area contributed by atoms with Gasteiger partial charge in [0.1, 0.15) is 0 Å². The van der Waals surface area contributed by atoms with Crippen LogP contribution >= 0.6 is 8.60 Å². The molecule has 0 fully saturated rings. The van der Waals surface area contributed by atoms with E-state index in [-0.39, 0.29) is 5.87 Å². The third-order valence-electron chi connectivity index (χ3n) is 0.767. The third kappa shape index (κ3) is 18.7. The van der Waals surface area contributed by atoms with Gasteiger partial charge in [-0.1, -0.05) is 0 Å². The molecule has 0 aromatic carbocycles. The summed E-state index contributed by atoms with van der Waals surface area (Å²) in [6.07, 6.45) is 0. The lowest BCUT2D eigenvalue weighted by Gasteiger charge is -2.05. The van der Waals surface area contributed by atoms with Gasteiger partial charge >= 0.3 is 8.60 Å². The van der Waals surface area contributed by atoms with E-state index in [0.717, 1.165) is 0 Å². The number of methoxy groups -OCH3 is 1. The van der Waals surface area contributed by atoms with Gasteiger partial charge in [-0.05, 0) is 13.8 Å². The molecule has 0 spiro atoms. The van der Waals surface area contributed by atoms with Crippen molar-refractivity contribution in [1.29, 1.82) is 0 Å². The Labute approximate surface area is 80.8 Å². The minimum absolute atomic E-state index is 0.245. The van der Waals surface area contributed by atoms with Crippen molar-refractivity contribution in [2.24, 2.45) is 0 Å². The van der Waals surface area contributed by atoms with Gasteiger partial charge in [-0.15, -0.1) is 0 Å². The number of rotatable bonds is 4. The van der Waals surface area contributed by atoms with Crippen molar-refractivity contribution >= 4 is 22.3 Å². The monoisotopic (exact) mass is 210 g/mol. The van der Waals surface area contributed by atoms with Gasteiger partial charge < -0.3 is 18.7 Å². The topological polar surface area (TPSA) is 65.0 Å². The van der Waals surface area contributed by atoms with E-state index in [0.29, 0.717) is 13.2 Å². The molecule has 0 saturated heterocycles. The zero-order valence-electron chi connectivity index (χ0n) is 8.44. The fraction of sp³-hybridized carbons (Fsp3) is 0.833. The summed E-state index contributed by atoms with van der Waals surface area (Å²) >= 11 is 0. The molecule has 0 rings (SSSR count). The standard InChI is InChI=1S/C4H11O3P.C2H5BO2/c1-3-6-8(5)7-4-2;1-5-2(3)4/h5H,3-4H2,1-2H3;3H2,1H3. The van der Waals surface area contributed by atoms with E-state index in [4.69, 9.17) is 4.89 Å². The van der Waals surface area contributed by atoms with Crippen LogP contribution < -0.4 is 0 Å². The molecule has 0 aliphatic rings. The fourth-order valence-electron chi connectivity index (χ4n) is 0.258. The van der Waals surface area contributed by atoms with Gasteiger partial charge in [0, 0.05) is 0 Å². The Morgan fingerprint density at radius 3 is 1.85 bits per heavy atom. The van der Waals surface area contributed by atoms with Crippen LogP contribution in [-0.4, -0.2) is 38.9 Å². The van der Waals surface area contributed by atoms with Crippen molar-refractivity contribution in [3.63, 3.8) is 0 Å². The molecular formula is C6H16BO5P. The van der Waals surface area contributed by atoms with E-state index in [1.807, 2.05) is 13.8 Å². The first-order chi connectivity index (χ1) is 6.08. The maximum Gasteiger partial charge on any atom is 0.329 e. The quantitative estimate of drug-likeness (QED) is 0.545. The Morgan fingerprint density at radius 1 is 1.38 bits per heavy atom. The van der Waals surface area contributed by atoms with Gasteiger partial charge in [0.15, 0.2) is 0 Å². The average molecular weight is 210 g/mol. The Bertz CT molecular complexity index is 118. The van der Waals surface area contributed by atoms with Gasteiger partial charge in [-0.3, -0.25) is 4.79 Å². The van der Waals surface area contributed by atoms with E-state index in [1.54, 1.807) is 0 Å². The first-order valence-electron chi connectivity index (χ1n) is 3.87. The van der Waals surface area contributed by atoms with E-state index >= 15 is 0 Å². The summed E-state index contributed by atoms with van der Waals surface area (Å²) in [6, 6.07) is 0. The number of carbonyl (C=O) groups excluding carboxylic acids is 1. The molecule has 7 heteroatoms. The number of ether oxygens (including phenoxy) is 1. The second-order valence-corrected chi connectivity index (χ2v) is 2.76. The normalized spacial score (nSPS) is 9.00. The highest BCUT2D eigenvalue weighted by Gasteiger charge is 2.00. The molecule has 0 aliphatic carbocycles. The van der Waals surface area contributed by atoms with Crippen LogP contribution in [0.5, 0.6) is 0 Å². The molecule has 0 aromatic rings. The number of hydrogen-bond donors (Lipinski definition) is 1. The molecule has 0 aliphatic heterocycles. The van der Waals surface area contributed by atoms with Crippen molar-refractivity contribution in [3.8, 4) is 0 Å². The van der Waals surface area contributed by atoms with Crippen LogP contribution in [0.4, 0.5) is 4.79 Å². The highest BCUT2D eigenvalue weighted by molar-refractivity contribution is 7.40.